The lowest BCUT2D eigenvalue weighted by atomic mass is 9.69. The number of rotatable bonds is 3. The summed E-state index contributed by atoms with van der Waals surface area (Å²) in [7, 11) is -2.73. The van der Waals surface area contributed by atoms with Gasteiger partial charge in [0.1, 0.15) is 5.75 Å². The molecule has 2 aromatic rings. The highest BCUT2D eigenvalue weighted by molar-refractivity contribution is 7.90. The summed E-state index contributed by atoms with van der Waals surface area (Å²) in [6.45, 7) is 5.18. The van der Waals surface area contributed by atoms with Crippen LogP contribution in [0.25, 0.3) is 0 Å². The fourth-order valence-corrected chi connectivity index (χ4v) is 9.35. The van der Waals surface area contributed by atoms with Gasteiger partial charge in [-0.05, 0) is 105 Å². The highest BCUT2D eigenvalue weighted by Crippen LogP contribution is 2.46. The van der Waals surface area contributed by atoms with E-state index in [1.54, 1.807) is 32.0 Å². The first-order valence-electron chi connectivity index (χ1n) is 16.2. The molecule has 9 nitrogen and oxygen atoms in total. The molecule has 4 aliphatic rings. The van der Waals surface area contributed by atoms with E-state index in [0.717, 1.165) is 37.8 Å². The molecular weight excluding hydrogens is 628 g/mol. The van der Waals surface area contributed by atoms with Crippen molar-refractivity contribution in [3.8, 4) is 5.75 Å². The monoisotopic (exact) mass is 670 g/mol. The van der Waals surface area contributed by atoms with E-state index in [4.69, 9.17) is 21.1 Å². The predicted molar refractivity (Wildman–Crippen MR) is 177 cm³/mol. The molecule has 0 saturated heterocycles. The fourth-order valence-electron chi connectivity index (χ4n) is 7.87. The largest absolute Gasteiger partial charge is 0.490 e. The van der Waals surface area contributed by atoms with Gasteiger partial charge in [0.05, 0.1) is 17.5 Å². The Labute approximate surface area is 276 Å². The molecule has 11 heteroatoms. The van der Waals surface area contributed by atoms with Gasteiger partial charge in [-0.15, -0.1) is 0 Å². The number of carbonyl (C=O) groups is 2. The molecule has 2 aliphatic carbocycles. The first kappa shape index (κ1) is 32.8. The third-order valence-electron chi connectivity index (χ3n) is 10.9. The van der Waals surface area contributed by atoms with Crippen LogP contribution in [0, 0.1) is 23.7 Å². The Balaban J connectivity index is 1.42. The number of carbonyl (C=O) groups excluding carboxylic acids is 1. The average molecular weight is 671 g/mol. The number of nitrogens with one attached hydrogen (secondary N) is 1. The smallest absolute Gasteiger partial charge is 0.333 e. The number of nitrogens with zero attached hydrogens (tertiary/aromatic N) is 1. The van der Waals surface area contributed by atoms with Gasteiger partial charge in [0.25, 0.3) is 5.91 Å². The van der Waals surface area contributed by atoms with E-state index >= 15 is 0 Å². The molecule has 7 atom stereocenters. The summed E-state index contributed by atoms with van der Waals surface area (Å²) in [4.78, 5) is 28.0. The van der Waals surface area contributed by atoms with Gasteiger partial charge in [-0.3, -0.25) is 4.79 Å². The van der Waals surface area contributed by atoms with Crippen LogP contribution in [0.3, 0.4) is 0 Å². The number of allylic oxidation sites excluding steroid dienone is 1. The minimum atomic E-state index is -4.09. The van der Waals surface area contributed by atoms with Gasteiger partial charge >= 0.3 is 5.97 Å². The molecule has 248 valence electrons. The maximum absolute atomic E-state index is 13.5. The van der Waals surface area contributed by atoms with Crippen LogP contribution in [0.4, 0.5) is 5.69 Å². The zero-order valence-electron chi connectivity index (χ0n) is 26.6. The molecule has 2 aliphatic heterocycles. The molecule has 1 spiro atoms. The van der Waals surface area contributed by atoms with E-state index in [2.05, 4.69) is 27.8 Å². The zero-order chi connectivity index (χ0) is 32.8. The van der Waals surface area contributed by atoms with E-state index in [-0.39, 0.29) is 23.3 Å². The van der Waals surface area contributed by atoms with Gasteiger partial charge in [-0.2, -0.15) is 0 Å². The van der Waals surface area contributed by atoms with Crippen LogP contribution in [0.1, 0.15) is 67.4 Å². The summed E-state index contributed by atoms with van der Waals surface area (Å²) in [6.07, 6.45) is 8.08. The van der Waals surface area contributed by atoms with Gasteiger partial charge in [0.2, 0.25) is 10.0 Å². The average Bonchev–Trinajstić information content (AvgIpc) is 3.15. The number of carboxylic acids is 1. The molecule has 2 bridgehead atoms. The third-order valence-corrected chi connectivity index (χ3v) is 13.0. The van der Waals surface area contributed by atoms with Gasteiger partial charge in [0.15, 0.2) is 6.10 Å². The normalized spacial score (nSPS) is 32.0. The number of amides is 1. The predicted octanol–water partition coefficient (Wildman–Crippen LogP) is 5.60. The number of anilines is 1. The Hall–Kier alpha value is -3.08. The van der Waals surface area contributed by atoms with Gasteiger partial charge in [0, 0.05) is 42.1 Å². The second kappa shape index (κ2) is 12.8. The van der Waals surface area contributed by atoms with Gasteiger partial charge in [-0.25, -0.2) is 17.9 Å². The summed E-state index contributed by atoms with van der Waals surface area (Å²) in [6, 6.07) is 11.3. The summed E-state index contributed by atoms with van der Waals surface area (Å²) in [5.41, 5.74) is 3.19. The first-order valence-corrected chi connectivity index (χ1v) is 18.1. The number of hydrogen-bond acceptors (Lipinski definition) is 7. The number of ether oxygens (including phenoxy) is 2. The molecule has 2 heterocycles. The Morgan fingerprint density at radius 2 is 1.98 bits per heavy atom. The van der Waals surface area contributed by atoms with Crippen molar-refractivity contribution in [2.24, 2.45) is 23.7 Å². The maximum Gasteiger partial charge on any atom is 0.333 e. The van der Waals surface area contributed by atoms with E-state index in [1.165, 1.54) is 18.2 Å². The Morgan fingerprint density at radius 3 is 2.70 bits per heavy atom. The van der Waals surface area contributed by atoms with E-state index < -0.39 is 45.1 Å². The number of fused-ring (bicyclic) bond motifs is 4. The number of aliphatic carboxylic acids is 1. The van der Waals surface area contributed by atoms with E-state index in [9.17, 15) is 23.1 Å². The zero-order valence-corrected chi connectivity index (χ0v) is 28.1. The Morgan fingerprint density at radius 1 is 1.17 bits per heavy atom. The molecule has 6 rings (SSSR count). The van der Waals surface area contributed by atoms with Gasteiger partial charge < -0.3 is 19.5 Å². The molecule has 0 radical (unpaired) electrons. The number of methoxy groups -OCH3 is 1. The van der Waals surface area contributed by atoms with Crippen molar-refractivity contribution in [2.75, 3.05) is 31.7 Å². The standard InChI is InChI=1S/C35H43ClN2O7S/c1-21-15-25(32(44-3)34(40)41)8-6-23-7-9-27(23)18-38-19-35(14-4-5-24-16-28(36)11-12-29(24)35)20-45-31-13-10-26(17-30(31)38)33(39)37-46(42,43)22(21)2/h6,8,10-13,16-17,21-23,25,27,32H,4-5,7,9,14-15,18-20H2,1-3H3,(H,37,39)(H,40,41)/b8-6+/t21-,22+,23+,25+,27-,32-,35-/m0/s1. The summed E-state index contributed by atoms with van der Waals surface area (Å²) in [5.74, 6) is -1.60. The molecule has 2 N–H and O–H groups in total. The molecule has 0 aromatic heterocycles. The van der Waals surface area contributed by atoms with Crippen molar-refractivity contribution < 1.29 is 32.6 Å². The third kappa shape index (κ3) is 6.28. The van der Waals surface area contributed by atoms with Crippen LogP contribution in [-0.2, 0) is 31.4 Å². The van der Waals surface area contributed by atoms with E-state index in [1.807, 2.05) is 12.1 Å². The number of aryl methyl sites for hydroxylation is 1. The van der Waals surface area contributed by atoms with Crippen LogP contribution in [0.2, 0.25) is 5.02 Å². The Kier molecular flexibility index (Phi) is 9.17. The molecule has 1 fully saturated rings. The van der Waals surface area contributed by atoms with Crippen molar-refractivity contribution in [3.63, 3.8) is 0 Å². The molecule has 0 unspecified atom stereocenters. The molecule has 1 saturated carbocycles. The second-order valence-corrected chi connectivity index (χ2v) is 16.2. The number of benzene rings is 2. The first-order chi connectivity index (χ1) is 21.9. The Bertz CT molecular complexity index is 1650. The van der Waals surface area contributed by atoms with Crippen LogP contribution >= 0.6 is 11.6 Å². The minimum absolute atomic E-state index is 0.227. The molecule has 2 aromatic carbocycles. The quantitative estimate of drug-likeness (QED) is 0.405. The number of sulfonamides is 1. The second-order valence-electron chi connectivity index (χ2n) is 13.7. The number of hydrogen-bond donors (Lipinski definition) is 2. The molecule has 1 amide bonds. The maximum atomic E-state index is 13.5. The minimum Gasteiger partial charge on any atom is -0.490 e. The summed E-state index contributed by atoms with van der Waals surface area (Å²) < 4.78 is 41.1. The van der Waals surface area contributed by atoms with Crippen LogP contribution in [0.15, 0.2) is 48.6 Å². The number of halogens is 1. The van der Waals surface area contributed by atoms with Crippen molar-refractivity contribution >= 4 is 39.2 Å². The van der Waals surface area contributed by atoms with Crippen LogP contribution in [0.5, 0.6) is 5.75 Å². The van der Waals surface area contributed by atoms with Crippen LogP contribution in [-0.4, -0.2) is 63.6 Å². The number of carboxylic acid groups (broad SMARTS) is 1. The fraction of sp³-hybridized carbons (Fsp3) is 0.543. The summed E-state index contributed by atoms with van der Waals surface area (Å²) >= 11 is 6.40. The SMILES string of the molecule is CO[C@H](C(=O)O)[C@@H]1/C=C/[C@@H]2CC[C@H]2CN2C[C@@]3(CCCc4cc(Cl)ccc43)COc3ccc(cc32)C(=O)NS(=O)(=O)[C@H](C)[C@@H](C)C1. The van der Waals surface area contributed by atoms with Crippen molar-refractivity contribution in [1.29, 1.82) is 0 Å². The topological polar surface area (TPSA) is 122 Å². The molecular formula is C35H43ClN2O7S. The lowest BCUT2D eigenvalue weighted by Gasteiger charge is -2.44. The van der Waals surface area contributed by atoms with Crippen molar-refractivity contribution in [2.45, 2.75) is 69.1 Å². The van der Waals surface area contributed by atoms with Crippen molar-refractivity contribution in [3.05, 3.63) is 70.3 Å². The van der Waals surface area contributed by atoms with Crippen LogP contribution < -0.4 is 14.4 Å². The summed E-state index contributed by atoms with van der Waals surface area (Å²) in [5, 5.41) is 9.69. The highest BCUT2D eigenvalue weighted by atomic mass is 35.5. The lowest BCUT2D eigenvalue weighted by Crippen LogP contribution is -2.48. The molecule has 46 heavy (non-hydrogen) atoms. The van der Waals surface area contributed by atoms with E-state index in [0.29, 0.717) is 36.4 Å². The highest BCUT2D eigenvalue weighted by Gasteiger charge is 2.43. The van der Waals surface area contributed by atoms with Crippen molar-refractivity contribution in [1.82, 2.24) is 4.72 Å². The van der Waals surface area contributed by atoms with Gasteiger partial charge in [-0.1, -0.05) is 36.7 Å². The lowest BCUT2D eigenvalue weighted by molar-refractivity contribution is -0.151.